The van der Waals surface area contributed by atoms with Gasteiger partial charge in [-0.05, 0) is 41.8 Å². The highest BCUT2D eigenvalue weighted by Gasteiger charge is 2.11. The van der Waals surface area contributed by atoms with Gasteiger partial charge in [-0.1, -0.05) is 42.5 Å². The molecule has 28 heavy (non-hydrogen) atoms. The van der Waals surface area contributed by atoms with Crippen molar-refractivity contribution in [3.63, 3.8) is 0 Å². The first-order valence-electron chi connectivity index (χ1n) is 9.67. The summed E-state index contributed by atoms with van der Waals surface area (Å²) < 4.78 is 7.55. The van der Waals surface area contributed by atoms with E-state index in [2.05, 4.69) is 64.2 Å². The SMILES string of the molecule is COCCCN(Cc1cccc(C#N)c1)Cc1cccn1Cc1ccccc1. The fraction of sp³-hybridized carbons (Fsp3) is 0.292. The number of nitrogens with zero attached hydrogens (tertiary/aromatic N) is 3. The predicted molar refractivity (Wildman–Crippen MR) is 112 cm³/mol. The number of rotatable bonds is 10. The fourth-order valence-corrected chi connectivity index (χ4v) is 3.40. The molecule has 0 unspecified atom stereocenters. The zero-order valence-corrected chi connectivity index (χ0v) is 16.4. The van der Waals surface area contributed by atoms with Crippen LogP contribution in [-0.4, -0.2) is 29.7 Å². The quantitative estimate of drug-likeness (QED) is 0.493. The highest BCUT2D eigenvalue weighted by molar-refractivity contribution is 5.32. The van der Waals surface area contributed by atoms with Gasteiger partial charge in [-0.25, -0.2) is 0 Å². The lowest BCUT2D eigenvalue weighted by atomic mass is 10.1. The Kier molecular flexibility index (Phi) is 7.43. The van der Waals surface area contributed by atoms with Gasteiger partial charge < -0.3 is 9.30 Å². The minimum Gasteiger partial charge on any atom is -0.385 e. The normalized spacial score (nSPS) is 10.9. The van der Waals surface area contributed by atoms with Crippen molar-refractivity contribution in [1.29, 1.82) is 5.26 Å². The number of hydrogen-bond donors (Lipinski definition) is 0. The number of methoxy groups -OCH3 is 1. The lowest BCUT2D eigenvalue weighted by molar-refractivity contribution is 0.165. The summed E-state index contributed by atoms with van der Waals surface area (Å²) in [7, 11) is 1.74. The Hall–Kier alpha value is -2.87. The average Bonchev–Trinajstić information content (AvgIpc) is 3.15. The van der Waals surface area contributed by atoms with Crippen molar-refractivity contribution in [3.8, 4) is 6.07 Å². The van der Waals surface area contributed by atoms with Crippen LogP contribution in [0, 0.1) is 11.3 Å². The second-order valence-corrected chi connectivity index (χ2v) is 6.98. The van der Waals surface area contributed by atoms with Crippen LogP contribution in [-0.2, 0) is 24.4 Å². The number of hydrogen-bond acceptors (Lipinski definition) is 3. The van der Waals surface area contributed by atoms with Crippen LogP contribution in [0.4, 0.5) is 0 Å². The first-order valence-corrected chi connectivity index (χ1v) is 9.67. The van der Waals surface area contributed by atoms with Gasteiger partial charge >= 0.3 is 0 Å². The summed E-state index contributed by atoms with van der Waals surface area (Å²) in [5.74, 6) is 0. The summed E-state index contributed by atoms with van der Waals surface area (Å²) in [5.41, 5.74) is 4.46. The number of aromatic nitrogens is 1. The highest BCUT2D eigenvalue weighted by atomic mass is 16.5. The van der Waals surface area contributed by atoms with Crippen LogP contribution >= 0.6 is 0 Å². The van der Waals surface area contributed by atoms with Gasteiger partial charge in [0.05, 0.1) is 11.6 Å². The zero-order chi connectivity index (χ0) is 19.6. The lowest BCUT2D eigenvalue weighted by Gasteiger charge is -2.23. The molecule has 0 bridgehead atoms. The third-order valence-corrected chi connectivity index (χ3v) is 4.79. The molecule has 0 saturated heterocycles. The number of ether oxygens (including phenoxy) is 1. The molecule has 0 spiro atoms. The lowest BCUT2D eigenvalue weighted by Crippen LogP contribution is -2.26. The van der Waals surface area contributed by atoms with E-state index in [-0.39, 0.29) is 0 Å². The molecule has 4 nitrogen and oxygen atoms in total. The van der Waals surface area contributed by atoms with Crippen LogP contribution in [0.15, 0.2) is 72.9 Å². The predicted octanol–water partition coefficient (Wildman–Crippen LogP) is 4.45. The summed E-state index contributed by atoms with van der Waals surface area (Å²) in [5, 5.41) is 9.17. The third-order valence-electron chi connectivity index (χ3n) is 4.79. The van der Waals surface area contributed by atoms with E-state index in [0.717, 1.165) is 44.8 Å². The minimum absolute atomic E-state index is 0.710. The molecule has 0 aliphatic carbocycles. The van der Waals surface area contributed by atoms with E-state index in [1.54, 1.807) is 7.11 Å². The van der Waals surface area contributed by atoms with Crippen molar-refractivity contribution in [1.82, 2.24) is 9.47 Å². The van der Waals surface area contributed by atoms with E-state index in [0.29, 0.717) is 5.56 Å². The Morgan fingerprint density at radius 1 is 0.964 bits per heavy atom. The van der Waals surface area contributed by atoms with E-state index in [4.69, 9.17) is 4.74 Å². The molecule has 3 rings (SSSR count). The molecule has 4 heteroatoms. The highest BCUT2D eigenvalue weighted by Crippen LogP contribution is 2.14. The van der Waals surface area contributed by atoms with Gasteiger partial charge in [-0.15, -0.1) is 0 Å². The molecule has 1 aromatic heterocycles. The smallest absolute Gasteiger partial charge is 0.0991 e. The monoisotopic (exact) mass is 373 g/mol. The Morgan fingerprint density at radius 2 is 1.79 bits per heavy atom. The minimum atomic E-state index is 0.710. The molecule has 0 N–H and O–H groups in total. The molecule has 0 radical (unpaired) electrons. The maximum atomic E-state index is 9.17. The molecule has 0 aliphatic heterocycles. The molecule has 1 heterocycles. The van der Waals surface area contributed by atoms with Crippen molar-refractivity contribution in [3.05, 3.63) is 95.3 Å². The van der Waals surface area contributed by atoms with Gasteiger partial charge in [0.1, 0.15) is 0 Å². The second kappa shape index (κ2) is 10.5. The van der Waals surface area contributed by atoms with Crippen molar-refractivity contribution >= 4 is 0 Å². The Bertz CT molecular complexity index is 895. The first-order chi connectivity index (χ1) is 13.8. The topological polar surface area (TPSA) is 41.2 Å². The third kappa shape index (κ3) is 5.82. The largest absolute Gasteiger partial charge is 0.385 e. The summed E-state index contributed by atoms with van der Waals surface area (Å²) >= 11 is 0. The van der Waals surface area contributed by atoms with Gasteiger partial charge in [0.25, 0.3) is 0 Å². The number of nitriles is 1. The maximum absolute atomic E-state index is 9.17. The van der Waals surface area contributed by atoms with E-state index in [1.165, 1.54) is 11.3 Å². The van der Waals surface area contributed by atoms with Gasteiger partial charge in [-0.3, -0.25) is 4.90 Å². The van der Waals surface area contributed by atoms with Crippen molar-refractivity contribution in [2.75, 3.05) is 20.3 Å². The Morgan fingerprint density at radius 3 is 2.57 bits per heavy atom. The Balaban J connectivity index is 1.72. The van der Waals surface area contributed by atoms with Crippen LogP contribution in [0.25, 0.3) is 0 Å². The van der Waals surface area contributed by atoms with Crippen molar-refractivity contribution in [2.45, 2.75) is 26.1 Å². The van der Waals surface area contributed by atoms with E-state index >= 15 is 0 Å². The summed E-state index contributed by atoms with van der Waals surface area (Å²) in [6.45, 7) is 4.25. The molecule has 0 aliphatic rings. The summed E-state index contributed by atoms with van der Waals surface area (Å²) in [6.07, 6.45) is 3.12. The maximum Gasteiger partial charge on any atom is 0.0991 e. The fourth-order valence-electron chi connectivity index (χ4n) is 3.40. The molecule has 0 atom stereocenters. The van der Waals surface area contributed by atoms with Crippen LogP contribution < -0.4 is 0 Å². The average molecular weight is 374 g/mol. The molecular weight excluding hydrogens is 346 g/mol. The van der Waals surface area contributed by atoms with Crippen LogP contribution in [0.2, 0.25) is 0 Å². The van der Waals surface area contributed by atoms with E-state index in [1.807, 2.05) is 24.3 Å². The molecule has 3 aromatic rings. The van der Waals surface area contributed by atoms with Crippen LogP contribution in [0.5, 0.6) is 0 Å². The molecule has 0 saturated carbocycles. The van der Waals surface area contributed by atoms with E-state index < -0.39 is 0 Å². The van der Waals surface area contributed by atoms with Crippen molar-refractivity contribution in [2.24, 2.45) is 0 Å². The molecular formula is C24H27N3O. The molecule has 144 valence electrons. The zero-order valence-electron chi connectivity index (χ0n) is 16.4. The second-order valence-electron chi connectivity index (χ2n) is 6.98. The van der Waals surface area contributed by atoms with Crippen molar-refractivity contribution < 1.29 is 4.74 Å². The van der Waals surface area contributed by atoms with E-state index in [9.17, 15) is 5.26 Å². The van der Waals surface area contributed by atoms with Gasteiger partial charge in [0.15, 0.2) is 0 Å². The molecule has 0 fully saturated rings. The van der Waals surface area contributed by atoms with Gasteiger partial charge in [-0.2, -0.15) is 5.26 Å². The summed E-state index contributed by atoms with van der Waals surface area (Å²) in [4.78, 5) is 2.42. The standard InChI is InChI=1S/C24H27N3O/c1-28-15-7-13-26(18-23-11-5-10-22(16-23)17-25)20-24-12-6-14-27(24)19-21-8-3-2-4-9-21/h2-6,8-12,14,16H,7,13,15,18-20H2,1H3. The Labute approximate surface area is 167 Å². The van der Waals surface area contributed by atoms with Gasteiger partial charge in [0.2, 0.25) is 0 Å². The summed E-state index contributed by atoms with van der Waals surface area (Å²) in [6, 6.07) is 24.9. The molecule has 0 amide bonds. The number of benzene rings is 2. The first kappa shape index (κ1) is 19.9. The molecule has 2 aromatic carbocycles. The van der Waals surface area contributed by atoms with Gasteiger partial charge in [0, 0.05) is 51.8 Å². The van der Waals surface area contributed by atoms with Crippen LogP contribution in [0.1, 0.15) is 28.8 Å². The van der Waals surface area contributed by atoms with Crippen LogP contribution in [0.3, 0.4) is 0 Å².